The molecule has 3 nitrogen and oxygen atoms in total. The first-order valence-electron chi connectivity index (χ1n) is 6.24. The Labute approximate surface area is 105 Å². The second kappa shape index (κ2) is 5.91. The fraction of sp³-hybridized carbons (Fsp3) is 0.917. The highest BCUT2D eigenvalue weighted by Crippen LogP contribution is 2.34. The van der Waals surface area contributed by atoms with Crippen molar-refractivity contribution in [3.8, 4) is 0 Å². The Morgan fingerprint density at radius 2 is 2.00 bits per heavy atom. The van der Waals surface area contributed by atoms with Gasteiger partial charge in [-0.25, -0.2) is 0 Å². The van der Waals surface area contributed by atoms with E-state index in [1.807, 2.05) is 6.92 Å². The van der Waals surface area contributed by atoms with Crippen molar-refractivity contribution in [1.29, 1.82) is 0 Å². The third-order valence-corrected chi connectivity index (χ3v) is 3.81. The Balaban J connectivity index is 2.74. The van der Waals surface area contributed by atoms with Gasteiger partial charge in [0.15, 0.2) is 0 Å². The number of halogens is 3. The molecule has 18 heavy (non-hydrogen) atoms. The van der Waals surface area contributed by atoms with Gasteiger partial charge in [-0.1, -0.05) is 13.3 Å². The van der Waals surface area contributed by atoms with E-state index in [0.717, 1.165) is 17.7 Å². The number of carbonyl (C=O) groups is 1. The van der Waals surface area contributed by atoms with E-state index in [-0.39, 0.29) is 0 Å². The van der Waals surface area contributed by atoms with Crippen molar-refractivity contribution < 1.29 is 23.1 Å². The van der Waals surface area contributed by atoms with Crippen LogP contribution in [-0.4, -0.2) is 41.8 Å². The predicted octanol–water partition coefficient (Wildman–Crippen LogP) is 2.76. The van der Waals surface area contributed by atoms with Crippen LogP contribution in [0.4, 0.5) is 13.2 Å². The van der Waals surface area contributed by atoms with E-state index in [1.54, 1.807) is 0 Å². The molecule has 0 radical (unpaired) electrons. The van der Waals surface area contributed by atoms with Crippen molar-refractivity contribution in [3.05, 3.63) is 0 Å². The van der Waals surface area contributed by atoms with Crippen molar-refractivity contribution in [3.63, 3.8) is 0 Å². The molecule has 0 bridgehead atoms. The van der Waals surface area contributed by atoms with E-state index < -0.39 is 30.7 Å². The molecule has 3 unspecified atom stereocenters. The van der Waals surface area contributed by atoms with E-state index in [2.05, 4.69) is 0 Å². The molecule has 0 aromatic carbocycles. The largest absolute Gasteiger partial charge is 0.481 e. The molecule has 0 heterocycles. The molecule has 0 aliphatic heterocycles. The Morgan fingerprint density at radius 1 is 1.39 bits per heavy atom. The number of carboxylic acid groups (broad SMARTS) is 1. The van der Waals surface area contributed by atoms with Gasteiger partial charge in [0.1, 0.15) is 0 Å². The van der Waals surface area contributed by atoms with Crippen molar-refractivity contribution in [2.45, 2.75) is 44.8 Å². The lowest BCUT2D eigenvalue weighted by atomic mass is 9.76. The SMILES string of the molecule is CCC1CCC(C(=O)O)C(N(C)CC(F)(F)F)C1. The molecule has 0 spiro atoms. The van der Waals surface area contributed by atoms with Gasteiger partial charge in [-0.2, -0.15) is 13.2 Å². The first-order chi connectivity index (χ1) is 8.24. The molecular weight excluding hydrogens is 247 g/mol. The molecule has 106 valence electrons. The summed E-state index contributed by atoms with van der Waals surface area (Å²) in [5, 5.41) is 9.11. The lowest BCUT2D eigenvalue weighted by Gasteiger charge is -2.39. The van der Waals surface area contributed by atoms with Gasteiger partial charge in [0.2, 0.25) is 0 Å². The van der Waals surface area contributed by atoms with Crippen LogP contribution < -0.4 is 0 Å². The first kappa shape index (κ1) is 15.3. The van der Waals surface area contributed by atoms with Crippen LogP contribution in [0.15, 0.2) is 0 Å². The lowest BCUT2D eigenvalue weighted by molar-refractivity contribution is -0.160. The van der Waals surface area contributed by atoms with Crippen LogP contribution in [0.2, 0.25) is 0 Å². The summed E-state index contributed by atoms with van der Waals surface area (Å²) >= 11 is 0. The van der Waals surface area contributed by atoms with Crippen LogP contribution in [0.1, 0.15) is 32.6 Å². The van der Waals surface area contributed by atoms with Crippen LogP contribution in [0.5, 0.6) is 0 Å². The summed E-state index contributed by atoms with van der Waals surface area (Å²) in [5.41, 5.74) is 0. The van der Waals surface area contributed by atoms with Gasteiger partial charge < -0.3 is 5.11 Å². The number of hydrogen-bond acceptors (Lipinski definition) is 2. The quantitative estimate of drug-likeness (QED) is 0.851. The summed E-state index contributed by atoms with van der Waals surface area (Å²) in [6, 6.07) is -0.511. The Hall–Kier alpha value is -0.780. The topological polar surface area (TPSA) is 40.5 Å². The number of hydrogen-bond donors (Lipinski definition) is 1. The zero-order chi connectivity index (χ0) is 13.9. The maximum absolute atomic E-state index is 12.4. The van der Waals surface area contributed by atoms with Crippen molar-refractivity contribution in [2.24, 2.45) is 11.8 Å². The normalized spacial score (nSPS) is 29.6. The minimum Gasteiger partial charge on any atom is -0.481 e. The highest BCUT2D eigenvalue weighted by molar-refractivity contribution is 5.71. The molecule has 6 heteroatoms. The first-order valence-corrected chi connectivity index (χ1v) is 6.24. The fourth-order valence-corrected chi connectivity index (χ4v) is 2.78. The number of rotatable bonds is 4. The van der Waals surface area contributed by atoms with E-state index in [4.69, 9.17) is 5.11 Å². The van der Waals surface area contributed by atoms with Crippen LogP contribution in [0, 0.1) is 11.8 Å². The van der Waals surface area contributed by atoms with Crippen molar-refractivity contribution in [1.82, 2.24) is 4.90 Å². The van der Waals surface area contributed by atoms with Gasteiger partial charge in [0, 0.05) is 6.04 Å². The van der Waals surface area contributed by atoms with E-state index in [0.29, 0.717) is 18.8 Å². The average molecular weight is 267 g/mol. The second-order valence-corrected chi connectivity index (χ2v) is 5.13. The molecule has 1 aliphatic carbocycles. The molecular formula is C12H20F3NO2. The number of nitrogens with zero attached hydrogens (tertiary/aromatic N) is 1. The van der Waals surface area contributed by atoms with E-state index in [9.17, 15) is 18.0 Å². The van der Waals surface area contributed by atoms with Gasteiger partial charge >= 0.3 is 12.1 Å². The maximum atomic E-state index is 12.4. The van der Waals surface area contributed by atoms with Gasteiger partial charge in [0.25, 0.3) is 0 Å². The summed E-state index contributed by atoms with van der Waals surface area (Å²) < 4.78 is 37.1. The smallest absolute Gasteiger partial charge is 0.401 e. The van der Waals surface area contributed by atoms with Gasteiger partial charge in [-0.15, -0.1) is 0 Å². The molecule has 0 saturated heterocycles. The highest BCUT2D eigenvalue weighted by atomic mass is 19.4. The van der Waals surface area contributed by atoms with Crippen LogP contribution >= 0.6 is 0 Å². The summed E-state index contributed by atoms with van der Waals surface area (Å²) in [7, 11) is 1.37. The summed E-state index contributed by atoms with van der Waals surface area (Å²) in [6.45, 7) is 0.949. The van der Waals surface area contributed by atoms with E-state index >= 15 is 0 Å². The van der Waals surface area contributed by atoms with Crippen molar-refractivity contribution >= 4 is 5.97 Å². The molecule has 0 amide bonds. The Kier molecular flexibility index (Phi) is 5.01. The minimum absolute atomic E-state index is 0.335. The zero-order valence-corrected chi connectivity index (χ0v) is 10.7. The number of alkyl halides is 3. The molecule has 1 N–H and O–H groups in total. The second-order valence-electron chi connectivity index (χ2n) is 5.13. The Morgan fingerprint density at radius 3 is 2.44 bits per heavy atom. The average Bonchev–Trinajstić information content (AvgIpc) is 2.25. The number of carboxylic acids is 1. The monoisotopic (exact) mass is 267 g/mol. The maximum Gasteiger partial charge on any atom is 0.401 e. The molecule has 3 atom stereocenters. The molecule has 1 fully saturated rings. The van der Waals surface area contributed by atoms with Gasteiger partial charge in [0.05, 0.1) is 12.5 Å². The molecule has 0 aromatic heterocycles. The van der Waals surface area contributed by atoms with Crippen molar-refractivity contribution in [2.75, 3.05) is 13.6 Å². The standard InChI is InChI=1S/C12H20F3NO2/c1-3-8-4-5-9(11(17)18)10(6-8)16(2)7-12(13,14)15/h8-10H,3-7H2,1-2H3,(H,17,18). The van der Waals surface area contributed by atoms with Crippen LogP contribution in [0.3, 0.4) is 0 Å². The molecule has 1 aliphatic rings. The lowest BCUT2D eigenvalue weighted by Crippen LogP contribution is -2.48. The number of aliphatic carboxylic acids is 1. The van der Waals surface area contributed by atoms with Gasteiger partial charge in [-0.05, 0) is 32.2 Å². The predicted molar refractivity (Wildman–Crippen MR) is 61.2 cm³/mol. The highest BCUT2D eigenvalue weighted by Gasteiger charge is 2.40. The molecule has 1 rings (SSSR count). The van der Waals surface area contributed by atoms with Crippen LogP contribution in [0.25, 0.3) is 0 Å². The third kappa shape index (κ3) is 4.15. The molecule has 0 aromatic rings. The summed E-state index contributed by atoms with van der Waals surface area (Å²) in [6.07, 6.45) is -1.58. The molecule has 1 saturated carbocycles. The zero-order valence-electron chi connectivity index (χ0n) is 10.7. The minimum atomic E-state index is -4.28. The van der Waals surface area contributed by atoms with Gasteiger partial charge in [-0.3, -0.25) is 9.69 Å². The van der Waals surface area contributed by atoms with Crippen LogP contribution in [-0.2, 0) is 4.79 Å². The van der Waals surface area contributed by atoms with E-state index in [1.165, 1.54) is 7.05 Å². The third-order valence-electron chi connectivity index (χ3n) is 3.81. The summed E-state index contributed by atoms with van der Waals surface area (Å²) in [5.74, 6) is -1.33. The Bertz CT molecular complexity index is 294. The summed E-state index contributed by atoms with van der Waals surface area (Å²) in [4.78, 5) is 12.3. The fourth-order valence-electron chi connectivity index (χ4n) is 2.78.